The number of rotatable bonds is 3. The lowest BCUT2D eigenvalue weighted by atomic mass is 9.80. The van der Waals surface area contributed by atoms with Gasteiger partial charge in [-0.2, -0.15) is 0 Å². The third-order valence-corrected chi connectivity index (χ3v) is 3.10. The number of carboxylic acids is 3. The first-order valence-electron chi connectivity index (χ1n) is 4.48. The lowest BCUT2D eigenvalue weighted by Gasteiger charge is -2.22. The second-order valence-corrected chi connectivity index (χ2v) is 4.09. The van der Waals surface area contributed by atoms with Crippen molar-refractivity contribution in [1.82, 2.24) is 0 Å². The van der Waals surface area contributed by atoms with E-state index in [1.807, 2.05) is 0 Å². The minimum atomic E-state index is -1.48. The number of carbonyl (C=O) groups is 3. The molecular formula is C9H12O6. The molecule has 0 aliphatic heterocycles. The molecule has 1 rings (SSSR count). The predicted octanol–water partition coefficient (Wildman–Crippen LogP) is 0.273. The van der Waals surface area contributed by atoms with Crippen molar-refractivity contribution in [1.29, 1.82) is 0 Å². The molecule has 84 valence electrons. The Labute approximate surface area is 85.5 Å². The van der Waals surface area contributed by atoms with E-state index in [1.54, 1.807) is 0 Å². The van der Waals surface area contributed by atoms with Crippen LogP contribution in [-0.4, -0.2) is 33.2 Å². The van der Waals surface area contributed by atoms with Gasteiger partial charge in [0, 0.05) is 0 Å². The molecule has 0 amide bonds. The van der Waals surface area contributed by atoms with Crippen LogP contribution in [0.1, 0.15) is 19.8 Å². The molecule has 15 heavy (non-hydrogen) atoms. The summed E-state index contributed by atoms with van der Waals surface area (Å²) < 4.78 is 0. The fourth-order valence-corrected chi connectivity index (χ4v) is 2.08. The van der Waals surface area contributed by atoms with Gasteiger partial charge in [0.2, 0.25) is 0 Å². The highest BCUT2D eigenvalue weighted by molar-refractivity contribution is 5.86. The monoisotopic (exact) mass is 216 g/mol. The van der Waals surface area contributed by atoms with Crippen molar-refractivity contribution in [3.05, 3.63) is 0 Å². The fourth-order valence-electron chi connectivity index (χ4n) is 2.08. The third kappa shape index (κ3) is 1.79. The second-order valence-electron chi connectivity index (χ2n) is 4.09. The third-order valence-electron chi connectivity index (χ3n) is 3.10. The molecule has 3 atom stereocenters. The van der Waals surface area contributed by atoms with Gasteiger partial charge in [0.25, 0.3) is 0 Å². The molecule has 6 heteroatoms. The van der Waals surface area contributed by atoms with Crippen LogP contribution in [0.5, 0.6) is 0 Å². The smallest absolute Gasteiger partial charge is 0.310 e. The van der Waals surface area contributed by atoms with Gasteiger partial charge in [-0.3, -0.25) is 14.4 Å². The van der Waals surface area contributed by atoms with Crippen molar-refractivity contribution in [3.8, 4) is 0 Å². The molecule has 3 unspecified atom stereocenters. The Morgan fingerprint density at radius 1 is 1.13 bits per heavy atom. The maximum Gasteiger partial charge on any atom is 0.310 e. The Morgan fingerprint density at radius 2 is 1.67 bits per heavy atom. The van der Waals surface area contributed by atoms with E-state index < -0.39 is 35.2 Å². The van der Waals surface area contributed by atoms with Gasteiger partial charge in [-0.15, -0.1) is 0 Å². The molecule has 0 aromatic rings. The number of carboxylic acid groups (broad SMARTS) is 3. The highest BCUT2D eigenvalue weighted by Crippen LogP contribution is 2.46. The molecule has 0 heterocycles. The van der Waals surface area contributed by atoms with Gasteiger partial charge >= 0.3 is 17.9 Å². The lowest BCUT2D eigenvalue weighted by Crippen LogP contribution is -2.35. The number of hydrogen-bond acceptors (Lipinski definition) is 3. The number of hydrogen-bond donors (Lipinski definition) is 3. The molecule has 0 aromatic heterocycles. The van der Waals surface area contributed by atoms with E-state index in [1.165, 1.54) is 6.92 Å². The average molecular weight is 216 g/mol. The van der Waals surface area contributed by atoms with Crippen LogP contribution in [0.15, 0.2) is 0 Å². The molecule has 0 spiro atoms. The summed E-state index contributed by atoms with van der Waals surface area (Å²) in [5, 5.41) is 26.5. The molecule has 0 radical (unpaired) electrons. The zero-order valence-corrected chi connectivity index (χ0v) is 8.14. The van der Waals surface area contributed by atoms with Crippen molar-refractivity contribution in [3.63, 3.8) is 0 Å². The maximum atomic E-state index is 11.0. The van der Waals surface area contributed by atoms with Crippen LogP contribution < -0.4 is 0 Å². The quantitative estimate of drug-likeness (QED) is 0.624. The zero-order valence-electron chi connectivity index (χ0n) is 8.14. The fraction of sp³-hybridized carbons (Fsp3) is 0.667. The van der Waals surface area contributed by atoms with Crippen molar-refractivity contribution >= 4 is 17.9 Å². The molecular weight excluding hydrogens is 204 g/mol. The van der Waals surface area contributed by atoms with Crippen LogP contribution >= 0.6 is 0 Å². The van der Waals surface area contributed by atoms with E-state index in [0.717, 1.165) is 0 Å². The molecule has 0 aromatic carbocycles. The SMILES string of the molecule is CC1(C(=O)O)CC(C(=O)O)CC1C(=O)O. The highest BCUT2D eigenvalue weighted by atomic mass is 16.4. The Balaban J connectivity index is 3.00. The van der Waals surface area contributed by atoms with Gasteiger partial charge in [0.05, 0.1) is 17.3 Å². The predicted molar refractivity (Wildman–Crippen MR) is 47.2 cm³/mol. The average Bonchev–Trinajstić information content (AvgIpc) is 2.44. The van der Waals surface area contributed by atoms with Crippen LogP contribution in [0.25, 0.3) is 0 Å². The summed E-state index contributed by atoms with van der Waals surface area (Å²) in [6, 6.07) is 0. The minimum absolute atomic E-state index is 0.118. The van der Waals surface area contributed by atoms with E-state index in [4.69, 9.17) is 15.3 Å². The molecule has 1 fully saturated rings. The molecule has 1 aliphatic carbocycles. The summed E-state index contributed by atoms with van der Waals surface area (Å²) in [5.74, 6) is -5.64. The first kappa shape index (κ1) is 11.5. The van der Waals surface area contributed by atoms with Gasteiger partial charge < -0.3 is 15.3 Å². The van der Waals surface area contributed by atoms with E-state index in [0.29, 0.717) is 0 Å². The largest absolute Gasteiger partial charge is 0.481 e. The van der Waals surface area contributed by atoms with Crippen molar-refractivity contribution in [2.75, 3.05) is 0 Å². The van der Waals surface area contributed by atoms with Crippen LogP contribution in [0.2, 0.25) is 0 Å². The normalized spacial score (nSPS) is 35.0. The van der Waals surface area contributed by atoms with Gasteiger partial charge in [-0.05, 0) is 19.8 Å². The minimum Gasteiger partial charge on any atom is -0.481 e. The van der Waals surface area contributed by atoms with Crippen molar-refractivity contribution in [2.24, 2.45) is 17.3 Å². The van der Waals surface area contributed by atoms with E-state index in [-0.39, 0.29) is 12.8 Å². The Kier molecular flexibility index (Phi) is 2.70. The second kappa shape index (κ2) is 3.52. The first-order chi connectivity index (χ1) is 6.79. The lowest BCUT2D eigenvalue weighted by molar-refractivity contribution is -0.159. The summed E-state index contributed by atoms with van der Waals surface area (Å²) in [5.41, 5.74) is -1.48. The van der Waals surface area contributed by atoms with Gasteiger partial charge in [0.15, 0.2) is 0 Å². The topological polar surface area (TPSA) is 112 Å². The van der Waals surface area contributed by atoms with E-state index in [9.17, 15) is 14.4 Å². The maximum absolute atomic E-state index is 11.0. The molecule has 0 saturated heterocycles. The van der Waals surface area contributed by atoms with E-state index in [2.05, 4.69) is 0 Å². The molecule has 6 nitrogen and oxygen atoms in total. The molecule has 3 N–H and O–H groups in total. The van der Waals surface area contributed by atoms with Gasteiger partial charge in [0.1, 0.15) is 0 Å². The van der Waals surface area contributed by atoms with Crippen LogP contribution in [0.3, 0.4) is 0 Å². The summed E-state index contributed by atoms with van der Waals surface area (Å²) in [6.07, 6.45) is -0.248. The Bertz CT molecular complexity index is 323. The van der Waals surface area contributed by atoms with Crippen LogP contribution in [-0.2, 0) is 14.4 Å². The summed E-state index contributed by atoms with van der Waals surface area (Å²) >= 11 is 0. The molecule has 0 bridgehead atoms. The Hall–Kier alpha value is -1.59. The van der Waals surface area contributed by atoms with Gasteiger partial charge in [-0.1, -0.05) is 0 Å². The zero-order chi connectivity index (χ0) is 11.8. The van der Waals surface area contributed by atoms with Crippen LogP contribution in [0.4, 0.5) is 0 Å². The van der Waals surface area contributed by atoms with Crippen LogP contribution in [0, 0.1) is 17.3 Å². The Morgan fingerprint density at radius 3 is 1.93 bits per heavy atom. The van der Waals surface area contributed by atoms with Crippen molar-refractivity contribution < 1.29 is 29.7 Å². The van der Waals surface area contributed by atoms with Crippen molar-refractivity contribution in [2.45, 2.75) is 19.8 Å². The first-order valence-corrected chi connectivity index (χ1v) is 4.48. The number of aliphatic carboxylic acids is 3. The summed E-state index contributed by atoms with van der Waals surface area (Å²) in [6.45, 7) is 1.29. The highest BCUT2D eigenvalue weighted by Gasteiger charge is 2.54. The standard InChI is InChI=1S/C9H12O6/c1-9(8(14)15)3-4(6(10)11)2-5(9)7(12)13/h4-5H,2-3H2,1H3,(H,10,11)(H,12,13)(H,14,15). The molecule has 1 saturated carbocycles. The summed E-state index contributed by atoms with van der Waals surface area (Å²) in [7, 11) is 0. The van der Waals surface area contributed by atoms with Gasteiger partial charge in [-0.25, -0.2) is 0 Å². The molecule has 1 aliphatic rings. The van der Waals surface area contributed by atoms with E-state index >= 15 is 0 Å². The summed E-state index contributed by atoms with van der Waals surface area (Å²) in [4.78, 5) is 32.5.